The molecule has 0 saturated heterocycles. The summed E-state index contributed by atoms with van der Waals surface area (Å²) in [6.45, 7) is 8.32. The largest absolute Gasteiger partial charge is 0.331 e. The quantitative estimate of drug-likeness (QED) is 0.469. The molecule has 0 aliphatic heterocycles. The van der Waals surface area contributed by atoms with E-state index in [1.807, 2.05) is 12.1 Å². The molecule has 25 heavy (non-hydrogen) atoms. The monoisotopic (exact) mass is 350 g/mol. The molecule has 0 atom stereocenters. The molecule has 0 aliphatic carbocycles. The molecule has 3 N–H and O–H groups in total. The van der Waals surface area contributed by atoms with E-state index < -0.39 is 0 Å². The minimum atomic E-state index is 0.493. The fourth-order valence-corrected chi connectivity index (χ4v) is 2.90. The maximum absolute atomic E-state index is 5.35. The van der Waals surface area contributed by atoms with Crippen molar-refractivity contribution < 1.29 is 0 Å². The van der Waals surface area contributed by atoms with Gasteiger partial charge in [-0.2, -0.15) is 0 Å². The third-order valence-corrected chi connectivity index (χ3v) is 4.52. The fourth-order valence-electron chi connectivity index (χ4n) is 2.73. The highest BCUT2D eigenvalue weighted by Gasteiger charge is 2.05. The summed E-state index contributed by atoms with van der Waals surface area (Å²) in [6.07, 6.45) is 0. The average molecular weight is 350 g/mol. The second kappa shape index (κ2) is 7.07. The van der Waals surface area contributed by atoms with E-state index in [1.54, 1.807) is 0 Å². The first-order valence-corrected chi connectivity index (χ1v) is 8.62. The summed E-state index contributed by atoms with van der Waals surface area (Å²) in [5.41, 5.74) is 12.9. The van der Waals surface area contributed by atoms with Crippen LogP contribution in [-0.4, -0.2) is 10.1 Å². The van der Waals surface area contributed by atoms with Crippen molar-refractivity contribution in [3.8, 4) is 0 Å². The highest BCUT2D eigenvalue weighted by Crippen LogP contribution is 2.22. The lowest BCUT2D eigenvalue weighted by Gasteiger charge is -2.14. The molecule has 5 heteroatoms. The Labute approximate surface area is 153 Å². The van der Waals surface area contributed by atoms with Gasteiger partial charge >= 0.3 is 0 Å². The van der Waals surface area contributed by atoms with Gasteiger partial charge in [0.15, 0.2) is 5.11 Å². The summed E-state index contributed by atoms with van der Waals surface area (Å²) >= 11 is 5.35. The van der Waals surface area contributed by atoms with Crippen LogP contribution in [0.5, 0.6) is 0 Å². The zero-order chi connectivity index (χ0) is 18.0. The van der Waals surface area contributed by atoms with Crippen molar-refractivity contribution in [1.82, 2.24) is 10.4 Å². The second-order valence-electron chi connectivity index (χ2n) is 6.30. The molecule has 3 rings (SSSR count). The van der Waals surface area contributed by atoms with Crippen LogP contribution in [-0.2, 0) is 0 Å². The summed E-state index contributed by atoms with van der Waals surface area (Å²) < 4.78 is 0. The predicted molar refractivity (Wildman–Crippen MR) is 110 cm³/mol. The lowest BCUT2D eigenvalue weighted by atomic mass is 10.1. The highest BCUT2D eigenvalue weighted by atomic mass is 32.1. The van der Waals surface area contributed by atoms with Gasteiger partial charge < -0.3 is 5.32 Å². The first-order chi connectivity index (χ1) is 11.9. The number of hydrogen-bond donors (Lipinski definition) is 3. The van der Waals surface area contributed by atoms with Crippen LogP contribution in [0.1, 0.15) is 22.3 Å². The van der Waals surface area contributed by atoms with E-state index >= 15 is 0 Å². The van der Waals surface area contributed by atoms with Crippen LogP contribution in [0, 0.1) is 27.7 Å². The van der Waals surface area contributed by atoms with Crippen LogP contribution < -0.4 is 16.2 Å². The summed E-state index contributed by atoms with van der Waals surface area (Å²) in [5, 5.41) is 4.83. The van der Waals surface area contributed by atoms with Gasteiger partial charge in [-0.3, -0.25) is 10.9 Å². The van der Waals surface area contributed by atoms with E-state index in [0.717, 1.165) is 22.6 Å². The lowest BCUT2D eigenvalue weighted by Crippen LogP contribution is -2.33. The SMILES string of the molecule is Cc1ccc(NC(=S)NNc2cc(C)c3cccc(C)c3n2)cc1C. The van der Waals surface area contributed by atoms with Crippen LogP contribution in [0.4, 0.5) is 11.5 Å². The maximum Gasteiger partial charge on any atom is 0.189 e. The minimum absolute atomic E-state index is 0.493. The van der Waals surface area contributed by atoms with Gasteiger partial charge in [-0.1, -0.05) is 24.3 Å². The number of anilines is 2. The van der Waals surface area contributed by atoms with Crippen molar-refractivity contribution in [2.75, 3.05) is 10.7 Å². The van der Waals surface area contributed by atoms with Crippen molar-refractivity contribution in [1.29, 1.82) is 0 Å². The van der Waals surface area contributed by atoms with Crippen molar-refractivity contribution in [2.24, 2.45) is 0 Å². The topological polar surface area (TPSA) is 49.0 Å². The maximum atomic E-state index is 5.35. The van der Waals surface area contributed by atoms with E-state index in [4.69, 9.17) is 12.2 Å². The predicted octanol–water partition coefficient (Wildman–Crippen LogP) is 4.78. The molecule has 4 nitrogen and oxygen atoms in total. The van der Waals surface area contributed by atoms with Crippen LogP contribution in [0.15, 0.2) is 42.5 Å². The molecule has 1 aromatic heterocycles. The Kier molecular flexibility index (Phi) is 4.86. The van der Waals surface area contributed by atoms with E-state index in [1.165, 1.54) is 22.1 Å². The smallest absolute Gasteiger partial charge is 0.189 e. The summed E-state index contributed by atoms with van der Waals surface area (Å²) in [5.74, 6) is 0.739. The number of aromatic nitrogens is 1. The van der Waals surface area contributed by atoms with Crippen molar-refractivity contribution in [3.63, 3.8) is 0 Å². The molecule has 0 amide bonds. The van der Waals surface area contributed by atoms with E-state index in [2.05, 4.69) is 79.2 Å². The molecule has 0 saturated carbocycles. The van der Waals surface area contributed by atoms with E-state index in [0.29, 0.717) is 5.11 Å². The van der Waals surface area contributed by atoms with Gasteiger partial charge in [-0.05, 0) is 80.4 Å². The minimum Gasteiger partial charge on any atom is -0.331 e. The number of hydrazine groups is 1. The molecule has 1 heterocycles. The first-order valence-electron chi connectivity index (χ1n) is 8.21. The molecular formula is C20H22N4S. The number of aryl methyl sites for hydroxylation is 4. The molecule has 0 unspecified atom stereocenters. The molecule has 0 radical (unpaired) electrons. The molecular weight excluding hydrogens is 328 g/mol. The zero-order valence-corrected chi connectivity index (χ0v) is 15.7. The second-order valence-corrected chi connectivity index (χ2v) is 6.71. The molecule has 0 bridgehead atoms. The van der Waals surface area contributed by atoms with Gasteiger partial charge in [0.2, 0.25) is 0 Å². The summed E-state index contributed by atoms with van der Waals surface area (Å²) in [6, 6.07) is 14.4. The first kappa shape index (κ1) is 17.2. The standard InChI is InChI=1S/C20H22N4S/c1-12-8-9-16(10-14(12)3)21-20(25)24-23-18-11-15(4)17-7-5-6-13(2)19(17)22-18/h5-11H,1-4H3,(H,22,23)(H2,21,24,25). The van der Waals surface area contributed by atoms with Gasteiger partial charge in [0.05, 0.1) is 5.52 Å². The van der Waals surface area contributed by atoms with Crippen molar-refractivity contribution >= 4 is 39.7 Å². The normalized spacial score (nSPS) is 10.6. The molecule has 0 spiro atoms. The zero-order valence-electron chi connectivity index (χ0n) is 14.9. The molecule has 0 fully saturated rings. The van der Waals surface area contributed by atoms with Gasteiger partial charge in [0.1, 0.15) is 5.82 Å². The number of benzene rings is 2. The Hall–Kier alpha value is -2.66. The van der Waals surface area contributed by atoms with Gasteiger partial charge in [0, 0.05) is 11.1 Å². The Morgan fingerprint density at radius 3 is 2.44 bits per heavy atom. The molecule has 0 aliphatic rings. The third kappa shape index (κ3) is 3.88. The molecule has 2 aromatic carbocycles. The van der Waals surface area contributed by atoms with E-state index in [9.17, 15) is 0 Å². The Balaban J connectivity index is 1.70. The van der Waals surface area contributed by atoms with Crippen molar-refractivity contribution in [3.05, 3.63) is 64.7 Å². The molecule has 128 valence electrons. The van der Waals surface area contributed by atoms with Gasteiger partial charge in [-0.15, -0.1) is 0 Å². The Morgan fingerprint density at radius 1 is 0.880 bits per heavy atom. The number of rotatable bonds is 3. The summed E-state index contributed by atoms with van der Waals surface area (Å²) in [4.78, 5) is 4.68. The van der Waals surface area contributed by atoms with Crippen LogP contribution in [0.3, 0.4) is 0 Å². The van der Waals surface area contributed by atoms with Crippen molar-refractivity contribution in [2.45, 2.75) is 27.7 Å². The summed E-state index contributed by atoms with van der Waals surface area (Å²) in [7, 11) is 0. The fraction of sp³-hybridized carbons (Fsp3) is 0.200. The van der Waals surface area contributed by atoms with Crippen LogP contribution in [0.2, 0.25) is 0 Å². The number of fused-ring (bicyclic) bond motifs is 1. The van der Waals surface area contributed by atoms with Gasteiger partial charge in [0.25, 0.3) is 0 Å². The lowest BCUT2D eigenvalue weighted by molar-refractivity contribution is 1.10. The Morgan fingerprint density at radius 2 is 1.68 bits per heavy atom. The number of hydrogen-bond acceptors (Lipinski definition) is 3. The molecule has 3 aromatic rings. The van der Waals surface area contributed by atoms with E-state index in [-0.39, 0.29) is 0 Å². The number of nitrogens with one attached hydrogen (secondary N) is 3. The number of pyridine rings is 1. The average Bonchev–Trinajstić information content (AvgIpc) is 2.57. The van der Waals surface area contributed by atoms with Crippen LogP contribution >= 0.6 is 12.2 Å². The highest BCUT2D eigenvalue weighted by molar-refractivity contribution is 7.80. The third-order valence-electron chi connectivity index (χ3n) is 4.32. The number of para-hydroxylation sites is 1. The van der Waals surface area contributed by atoms with Crippen LogP contribution in [0.25, 0.3) is 10.9 Å². The number of nitrogens with zero attached hydrogens (tertiary/aromatic N) is 1. The Bertz CT molecular complexity index is 950. The number of thiocarbonyl (C=S) groups is 1. The van der Waals surface area contributed by atoms with Gasteiger partial charge in [-0.25, -0.2) is 4.98 Å².